The first-order valence-electron chi connectivity index (χ1n) is 8.13. The van der Waals surface area contributed by atoms with Crippen LogP contribution in [0.15, 0.2) is 52.6 Å². The van der Waals surface area contributed by atoms with E-state index in [1.54, 1.807) is 22.9 Å². The number of thiophene rings is 1. The van der Waals surface area contributed by atoms with Crippen molar-refractivity contribution in [1.29, 1.82) is 0 Å². The van der Waals surface area contributed by atoms with Crippen molar-refractivity contribution in [3.05, 3.63) is 57.5 Å². The van der Waals surface area contributed by atoms with Gasteiger partial charge in [-0.1, -0.05) is 11.3 Å². The second-order valence-electron chi connectivity index (χ2n) is 5.66. The second kappa shape index (κ2) is 7.79. The molecule has 4 rings (SSSR count). The highest BCUT2D eigenvalue weighted by atomic mass is 79.9. The van der Waals surface area contributed by atoms with Crippen LogP contribution in [0.2, 0.25) is 0 Å². The van der Waals surface area contributed by atoms with Gasteiger partial charge in [-0.3, -0.25) is 14.4 Å². The summed E-state index contributed by atoms with van der Waals surface area (Å²) in [6, 6.07) is 11.3. The minimum absolute atomic E-state index is 0.0659. The largest absolute Gasteiger partial charge is 0.497 e. The topological polar surface area (TPSA) is 60.2 Å². The SMILES string of the molecule is COc1ccc2nc(N(CCn3cccn3)C(=O)c3ccc(Br)s3)sc2c1. The lowest BCUT2D eigenvalue weighted by molar-refractivity contribution is 0.0989. The minimum Gasteiger partial charge on any atom is -0.497 e. The van der Waals surface area contributed by atoms with Crippen LogP contribution in [0.25, 0.3) is 10.2 Å². The molecule has 3 heterocycles. The van der Waals surface area contributed by atoms with Gasteiger partial charge in [0.2, 0.25) is 0 Å². The number of hydrogen-bond acceptors (Lipinski definition) is 6. The molecule has 0 radical (unpaired) electrons. The smallest absolute Gasteiger partial charge is 0.270 e. The number of methoxy groups -OCH3 is 1. The Morgan fingerprint density at radius 1 is 1.30 bits per heavy atom. The Morgan fingerprint density at radius 2 is 2.19 bits per heavy atom. The number of aromatic nitrogens is 3. The van der Waals surface area contributed by atoms with E-state index < -0.39 is 0 Å². The standard InChI is InChI=1S/C18H15BrN4O2S2/c1-25-12-3-4-13-15(11-12)27-18(21-13)23(10-9-22-8-2-7-20-22)17(24)14-5-6-16(19)26-14/h2-8,11H,9-10H2,1H3. The number of carbonyl (C=O) groups is 1. The molecule has 0 aliphatic rings. The van der Waals surface area contributed by atoms with Crippen LogP contribution >= 0.6 is 38.6 Å². The summed E-state index contributed by atoms with van der Waals surface area (Å²) >= 11 is 6.32. The average molecular weight is 463 g/mol. The van der Waals surface area contributed by atoms with Gasteiger partial charge in [-0.15, -0.1) is 11.3 Å². The number of ether oxygens (including phenoxy) is 1. The molecule has 9 heteroatoms. The Hall–Kier alpha value is -2.23. The van der Waals surface area contributed by atoms with Crippen LogP contribution in [0.1, 0.15) is 9.67 Å². The minimum atomic E-state index is -0.0659. The van der Waals surface area contributed by atoms with Crippen molar-refractivity contribution in [2.24, 2.45) is 0 Å². The molecule has 0 atom stereocenters. The summed E-state index contributed by atoms with van der Waals surface area (Å²) in [6.45, 7) is 1.07. The summed E-state index contributed by atoms with van der Waals surface area (Å²) < 4.78 is 9.00. The third kappa shape index (κ3) is 3.90. The van der Waals surface area contributed by atoms with Crippen LogP contribution in [0.5, 0.6) is 5.75 Å². The number of halogens is 1. The molecule has 27 heavy (non-hydrogen) atoms. The monoisotopic (exact) mass is 462 g/mol. The number of amides is 1. The molecule has 6 nitrogen and oxygen atoms in total. The van der Waals surface area contributed by atoms with Crippen LogP contribution in [-0.4, -0.2) is 34.3 Å². The van der Waals surface area contributed by atoms with E-state index in [0.717, 1.165) is 19.8 Å². The van der Waals surface area contributed by atoms with Gasteiger partial charge in [0.1, 0.15) is 5.75 Å². The summed E-state index contributed by atoms with van der Waals surface area (Å²) in [5, 5.41) is 4.89. The van der Waals surface area contributed by atoms with Crippen molar-refractivity contribution < 1.29 is 9.53 Å². The maximum atomic E-state index is 13.1. The zero-order chi connectivity index (χ0) is 18.8. The van der Waals surface area contributed by atoms with Crippen molar-refractivity contribution in [3.63, 3.8) is 0 Å². The van der Waals surface area contributed by atoms with Gasteiger partial charge < -0.3 is 4.74 Å². The second-order valence-corrected chi connectivity index (χ2v) is 9.13. The van der Waals surface area contributed by atoms with E-state index in [-0.39, 0.29) is 5.91 Å². The van der Waals surface area contributed by atoms with Gasteiger partial charge in [0.25, 0.3) is 5.91 Å². The van der Waals surface area contributed by atoms with Crippen LogP contribution in [0.4, 0.5) is 5.13 Å². The first-order valence-corrected chi connectivity index (χ1v) is 10.6. The predicted molar refractivity (Wildman–Crippen MR) is 112 cm³/mol. The van der Waals surface area contributed by atoms with Crippen LogP contribution < -0.4 is 9.64 Å². The zero-order valence-electron chi connectivity index (χ0n) is 14.3. The lowest BCUT2D eigenvalue weighted by atomic mass is 10.3. The predicted octanol–water partition coefficient (Wildman–Crippen LogP) is 4.67. The van der Waals surface area contributed by atoms with E-state index in [2.05, 4.69) is 26.0 Å². The van der Waals surface area contributed by atoms with Crippen molar-refractivity contribution in [2.45, 2.75) is 6.54 Å². The van der Waals surface area contributed by atoms with Crippen molar-refractivity contribution in [3.8, 4) is 5.75 Å². The van der Waals surface area contributed by atoms with Crippen LogP contribution in [0, 0.1) is 0 Å². The average Bonchev–Trinajstić information content (AvgIpc) is 3.41. The molecule has 0 saturated heterocycles. The summed E-state index contributed by atoms with van der Waals surface area (Å²) in [4.78, 5) is 20.2. The molecule has 0 aliphatic carbocycles. The van der Waals surface area contributed by atoms with Gasteiger partial charge >= 0.3 is 0 Å². The van der Waals surface area contributed by atoms with E-state index in [9.17, 15) is 4.79 Å². The molecule has 1 amide bonds. The normalized spacial score (nSPS) is 11.0. The molecule has 0 aliphatic heterocycles. The van der Waals surface area contributed by atoms with E-state index in [1.807, 2.05) is 42.6 Å². The molecule has 0 spiro atoms. The molecular formula is C18H15BrN4O2S2. The van der Waals surface area contributed by atoms with E-state index >= 15 is 0 Å². The van der Waals surface area contributed by atoms with E-state index in [1.165, 1.54) is 22.7 Å². The fraction of sp³-hybridized carbons (Fsp3) is 0.167. The zero-order valence-corrected chi connectivity index (χ0v) is 17.6. The molecule has 4 aromatic rings. The maximum Gasteiger partial charge on any atom is 0.270 e. The fourth-order valence-electron chi connectivity index (χ4n) is 2.62. The lowest BCUT2D eigenvalue weighted by Gasteiger charge is -2.19. The summed E-state index contributed by atoms with van der Waals surface area (Å²) in [7, 11) is 1.64. The van der Waals surface area contributed by atoms with Crippen LogP contribution in [-0.2, 0) is 6.54 Å². The summed E-state index contributed by atoms with van der Waals surface area (Å²) in [5.74, 6) is 0.707. The van der Waals surface area contributed by atoms with Crippen LogP contribution in [0.3, 0.4) is 0 Å². The highest BCUT2D eigenvalue weighted by Crippen LogP contribution is 2.33. The molecule has 0 fully saturated rings. The third-order valence-corrected chi connectivity index (χ3v) is 6.61. The highest BCUT2D eigenvalue weighted by molar-refractivity contribution is 9.11. The van der Waals surface area contributed by atoms with E-state index in [4.69, 9.17) is 4.74 Å². The summed E-state index contributed by atoms with van der Waals surface area (Å²) in [6.07, 6.45) is 3.61. The Morgan fingerprint density at radius 3 is 2.89 bits per heavy atom. The molecule has 0 N–H and O–H groups in total. The maximum absolute atomic E-state index is 13.1. The Labute approximate surface area is 172 Å². The van der Waals surface area contributed by atoms with E-state index in [0.29, 0.717) is 23.1 Å². The number of thiazole rings is 1. The highest BCUT2D eigenvalue weighted by Gasteiger charge is 2.23. The molecular weight excluding hydrogens is 448 g/mol. The van der Waals surface area contributed by atoms with Crippen molar-refractivity contribution >= 4 is 59.9 Å². The molecule has 1 aromatic carbocycles. The Bertz CT molecular complexity index is 1070. The first kappa shape index (κ1) is 18.1. The molecule has 0 saturated carbocycles. The van der Waals surface area contributed by atoms with Crippen molar-refractivity contribution in [1.82, 2.24) is 14.8 Å². The number of carbonyl (C=O) groups excluding carboxylic acids is 1. The Kier molecular flexibility index (Phi) is 5.24. The number of nitrogens with zero attached hydrogens (tertiary/aromatic N) is 4. The molecule has 0 bridgehead atoms. The fourth-order valence-corrected chi connectivity index (χ4v) is 4.97. The van der Waals surface area contributed by atoms with Gasteiger partial charge in [-0.05, 0) is 52.3 Å². The number of fused-ring (bicyclic) bond motifs is 1. The molecule has 0 unspecified atom stereocenters. The van der Waals surface area contributed by atoms with Gasteiger partial charge in [-0.25, -0.2) is 4.98 Å². The third-order valence-electron chi connectivity index (χ3n) is 3.96. The molecule has 3 aromatic heterocycles. The molecule has 138 valence electrons. The van der Waals surface area contributed by atoms with Gasteiger partial charge in [0.05, 0.1) is 32.5 Å². The lowest BCUT2D eigenvalue weighted by Crippen LogP contribution is -2.33. The Balaban J connectivity index is 1.68. The quantitative estimate of drug-likeness (QED) is 0.417. The number of hydrogen-bond donors (Lipinski definition) is 0. The van der Waals surface area contributed by atoms with Crippen molar-refractivity contribution in [2.75, 3.05) is 18.6 Å². The number of benzene rings is 1. The first-order chi connectivity index (χ1) is 13.1. The van der Waals surface area contributed by atoms with Gasteiger partial charge in [-0.2, -0.15) is 5.10 Å². The van der Waals surface area contributed by atoms with Gasteiger partial charge in [0, 0.05) is 18.9 Å². The van der Waals surface area contributed by atoms with Gasteiger partial charge in [0.15, 0.2) is 5.13 Å². The number of anilines is 1. The summed E-state index contributed by atoms with van der Waals surface area (Å²) in [5.41, 5.74) is 0.847. The number of rotatable bonds is 6.